The van der Waals surface area contributed by atoms with Crippen molar-refractivity contribution in [2.45, 2.75) is 53.3 Å². The van der Waals surface area contributed by atoms with E-state index in [1.54, 1.807) is 0 Å². The monoisotopic (exact) mass is 781 g/mol. The maximum atomic E-state index is 6.86. The molecule has 296 valence electrons. The first-order valence-corrected chi connectivity index (χ1v) is 20.1. The maximum absolute atomic E-state index is 6.86. The summed E-state index contributed by atoms with van der Waals surface area (Å²) in [6, 6.07) is 62.0. The molecule has 0 unspecified atom stereocenters. The van der Waals surface area contributed by atoms with E-state index in [1.807, 2.05) is 188 Å². The molecule has 0 bridgehead atoms. The van der Waals surface area contributed by atoms with Crippen molar-refractivity contribution in [1.29, 1.82) is 0 Å². The summed E-state index contributed by atoms with van der Waals surface area (Å²) in [7, 11) is 0. The van der Waals surface area contributed by atoms with Crippen molar-refractivity contribution in [3.63, 3.8) is 0 Å². The molecule has 59 heavy (non-hydrogen) atoms. The average Bonchev–Trinajstić information content (AvgIpc) is 3.30. The molecule has 0 amide bonds. The molecule has 0 aliphatic carbocycles. The SMILES string of the molecule is CCC.c1ccc(COc2cc(OCc3ccccc3)c3cc(OCc4ccccc4)c(-c4ccc(OCc5ccccc5)c(OCc5ccccc5)c4)[o+]c3c2)cc1. The van der Waals surface area contributed by atoms with Crippen molar-refractivity contribution in [2.75, 3.05) is 0 Å². The van der Waals surface area contributed by atoms with Crippen LogP contribution >= 0.6 is 0 Å². The zero-order chi connectivity index (χ0) is 40.5. The Kier molecular flexibility index (Phi) is 14.2. The van der Waals surface area contributed by atoms with Crippen molar-refractivity contribution in [3.8, 4) is 40.1 Å². The number of rotatable bonds is 16. The fraction of sp³-hybridized carbons (Fsp3) is 0.151. The first-order chi connectivity index (χ1) is 29.1. The van der Waals surface area contributed by atoms with Crippen LogP contribution in [0.4, 0.5) is 0 Å². The van der Waals surface area contributed by atoms with Gasteiger partial charge in [0.05, 0.1) is 11.6 Å². The number of hydrogen-bond acceptors (Lipinski definition) is 5. The van der Waals surface area contributed by atoms with Gasteiger partial charge in [0, 0.05) is 18.2 Å². The summed E-state index contributed by atoms with van der Waals surface area (Å²) in [6.45, 7) is 6.10. The van der Waals surface area contributed by atoms with Gasteiger partial charge in [-0.1, -0.05) is 172 Å². The van der Waals surface area contributed by atoms with Crippen molar-refractivity contribution in [3.05, 3.63) is 216 Å². The molecule has 0 N–H and O–H groups in total. The fourth-order valence-corrected chi connectivity index (χ4v) is 6.24. The van der Waals surface area contributed by atoms with Gasteiger partial charge >= 0.3 is 11.3 Å². The average molecular weight is 782 g/mol. The molecule has 0 fully saturated rings. The Bertz CT molecular complexity index is 2470. The van der Waals surface area contributed by atoms with Gasteiger partial charge in [-0.25, -0.2) is 4.42 Å². The van der Waals surface area contributed by atoms with Gasteiger partial charge in [0.15, 0.2) is 11.5 Å². The molecule has 1 aromatic heterocycles. The zero-order valence-corrected chi connectivity index (χ0v) is 33.6. The fourth-order valence-electron chi connectivity index (χ4n) is 6.24. The van der Waals surface area contributed by atoms with Crippen LogP contribution in [0.5, 0.6) is 28.7 Å². The quantitative estimate of drug-likeness (QED) is 0.0910. The minimum Gasteiger partial charge on any atom is -0.488 e. The van der Waals surface area contributed by atoms with Crippen LogP contribution in [0.2, 0.25) is 0 Å². The molecule has 6 nitrogen and oxygen atoms in total. The summed E-state index contributed by atoms with van der Waals surface area (Å²) in [6.07, 6.45) is 1.25. The van der Waals surface area contributed by atoms with Gasteiger partial charge in [-0.3, -0.25) is 0 Å². The smallest absolute Gasteiger partial charge is 0.402 e. The second-order valence-corrected chi connectivity index (χ2v) is 14.0. The van der Waals surface area contributed by atoms with Crippen LogP contribution in [0.15, 0.2) is 192 Å². The minimum absolute atomic E-state index is 0.336. The van der Waals surface area contributed by atoms with E-state index in [9.17, 15) is 0 Å². The van der Waals surface area contributed by atoms with Crippen LogP contribution in [-0.2, 0) is 33.0 Å². The number of benzene rings is 7. The predicted octanol–water partition coefficient (Wildman–Crippen LogP) is 13.7. The first-order valence-electron chi connectivity index (χ1n) is 20.1. The van der Waals surface area contributed by atoms with Gasteiger partial charge in [-0.15, -0.1) is 0 Å². The van der Waals surface area contributed by atoms with Crippen LogP contribution < -0.4 is 23.7 Å². The predicted molar refractivity (Wildman–Crippen MR) is 236 cm³/mol. The first kappa shape index (κ1) is 40.2. The highest BCUT2D eigenvalue weighted by atomic mass is 16.5. The molecule has 8 aromatic rings. The van der Waals surface area contributed by atoms with Crippen molar-refractivity contribution in [2.24, 2.45) is 0 Å². The highest BCUT2D eigenvalue weighted by Gasteiger charge is 2.28. The van der Waals surface area contributed by atoms with Gasteiger partial charge in [0.1, 0.15) is 49.9 Å². The molecule has 0 radical (unpaired) electrons. The van der Waals surface area contributed by atoms with E-state index in [1.165, 1.54) is 6.42 Å². The van der Waals surface area contributed by atoms with Crippen molar-refractivity contribution >= 4 is 11.0 Å². The van der Waals surface area contributed by atoms with Crippen LogP contribution in [0, 0.1) is 0 Å². The molecule has 7 aromatic carbocycles. The lowest BCUT2D eigenvalue weighted by Crippen LogP contribution is -2.02. The summed E-state index contributed by atoms with van der Waals surface area (Å²) < 4.78 is 39.1. The Morgan fingerprint density at radius 1 is 0.356 bits per heavy atom. The maximum Gasteiger partial charge on any atom is 0.402 e. The highest BCUT2D eigenvalue weighted by Crippen LogP contribution is 2.43. The lowest BCUT2D eigenvalue weighted by molar-refractivity contribution is 0.256. The van der Waals surface area contributed by atoms with E-state index in [0.717, 1.165) is 38.8 Å². The summed E-state index contributed by atoms with van der Waals surface area (Å²) in [4.78, 5) is 0. The number of ether oxygens (including phenoxy) is 5. The van der Waals surface area contributed by atoms with Gasteiger partial charge in [-0.2, -0.15) is 0 Å². The Morgan fingerprint density at radius 3 is 1.20 bits per heavy atom. The second-order valence-electron chi connectivity index (χ2n) is 14.0. The normalized spacial score (nSPS) is 10.6. The van der Waals surface area contributed by atoms with Crippen LogP contribution in [-0.4, -0.2) is 0 Å². The van der Waals surface area contributed by atoms with E-state index in [4.69, 9.17) is 28.1 Å². The van der Waals surface area contributed by atoms with E-state index in [2.05, 4.69) is 13.8 Å². The van der Waals surface area contributed by atoms with Gasteiger partial charge in [-0.05, 0) is 39.9 Å². The minimum atomic E-state index is 0.336. The highest BCUT2D eigenvalue weighted by molar-refractivity contribution is 5.89. The Labute approximate surface area is 347 Å². The summed E-state index contributed by atoms with van der Waals surface area (Å²) >= 11 is 0. The van der Waals surface area contributed by atoms with Gasteiger partial charge < -0.3 is 23.7 Å². The summed E-state index contributed by atoms with van der Waals surface area (Å²) in [5.74, 6) is 3.52. The number of fused-ring (bicyclic) bond motifs is 1. The molecule has 8 rings (SSSR count). The van der Waals surface area contributed by atoms with Crippen LogP contribution in [0.1, 0.15) is 48.1 Å². The molecule has 0 aliphatic heterocycles. The lowest BCUT2D eigenvalue weighted by Gasteiger charge is -2.15. The van der Waals surface area contributed by atoms with Gasteiger partial charge in [0.2, 0.25) is 5.75 Å². The van der Waals surface area contributed by atoms with E-state index in [0.29, 0.717) is 73.1 Å². The molecular formula is C53H49O6+. The summed E-state index contributed by atoms with van der Waals surface area (Å²) in [5.41, 5.74) is 6.56. The molecule has 0 saturated carbocycles. The van der Waals surface area contributed by atoms with E-state index >= 15 is 0 Å². The van der Waals surface area contributed by atoms with Crippen LogP contribution in [0.3, 0.4) is 0 Å². The molecule has 0 atom stereocenters. The molecule has 0 spiro atoms. The van der Waals surface area contributed by atoms with Crippen LogP contribution in [0.25, 0.3) is 22.3 Å². The third kappa shape index (κ3) is 11.5. The Balaban J connectivity index is 0.00000171. The second kappa shape index (κ2) is 20.9. The zero-order valence-electron chi connectivity index (χ0n) is 33.6. The molecular weight excluding hydrogens is 733 g/mol. The largest absolute Gasteiger partial charge is 0.488 e. The van der Waals surface area contributed by atoms with E-state index < -0.39 is 0 Å². The summed E-state index contributed by atoms with van der Waals surface area (Å²) in [5, 5.41) is 0.753. The van der Waals surface area contributed by atoms with Crippen molar-refractivity contribution in [1.82, 2.24) is 0 Å². The molecule has 6 heteroatoms. The van der Waals surface area contributed by atoms with E-state index in [-0.39, 0.29) is 0 Å². The molecule has 0 saturated heterocycles. The van der Waals surface area contributed by atoms with Crippen molar-refractivity contribution < 1.29 is 28.1 Å². The lowest BCUT2D eigenvalue weighted by atomic mass is 10.1. The topological polar surface area (TPSA) is 57.5 Å². The Hall–Kier alpha value is -7.05. The molecule has 1 heterocycles. The third-order valence-corrected chi connectivity index (χ3v) is 9.19. The van der Waals surface area contributed by atoms with Gasteiger partial charge in [0.25, 0.3) is 0 Å². The standard InChI is InChI=1S/C50H41O6.C3H8/c1-6-16-37(17-7-1)32-51-43-29-46(53-34-39-20-10-3-11-21-39)44-31-49(55-36-41-24-14-5-15-25-41)50(56-47(44)30-43)42-26-27-45(52-33-38-18-8-2-9-19-38)48(28-42)54-35-40-22-12-4-13-23-40;1-3-2/h1-31H,32-36H2;3H2,1-2H3/q+1;. The molecule has 0 aliphatic rings. The Morgan fingerprint density at radius 2 is 0.746 bits per heavy atom. The number of hydrogen-bond donors (Lipinski definition) is 0. The third-order valence-electron chi connectivity index (χ3n) is 9.19.